The van der Waals surface area contributed by atoms with E-state index >= 15 is 0 Å². The van der Waals surface area contributed by atoms with Crippen molar-refractivity contribution in [3.8, 4) is 5.75 Å². The number of carbonyl (C=O) groups excluding carboxylic acids is 1. The largest absolute Gasteiger partial charge is 0.482 e. The highest BCUT2D eigenvalue weighted by atomic mass is 35.5. The van der Waals surface area contributed by atoms with Gasteiger partial charge in [-0.15, -0.1) is 0 Å². The molecular formula is C17H16Cl2N2O2. The molecule has 6 heteroatoms. The number of anilines is 2. The molecule has 3 rings (SSSR count). The maximum Gasteiger partial charge on any atom is 0.262 e. The van der Waals surface area contributed by atoms with Crippen LogP contribution in [0.15, 0.2) is 42.5 Å². The molecule has 1 amide bonds. The van der Waals surface area contributed by atoms with E-state index in [1.165, 1.54) is 12.8 Å². The number of hydrogen-bond acceptors (Lipinski definition) is 3. The van der Waals surface area contributed by atoms with E-state index in [0.717, 1.165) is 11.4 Å². The van der Waals surface area contributed by atoms with Crippen LogP contribution in [0.5, 0.6) is 5.75 Å². The fourth-order valence-electron chi connectivity index (χ4n) is 2.05. The Labute approximate surface area is 144 Å². The monoisotopic (exact) mass is 350 g/mol. The Morgan fingerprint density at radius 1 is 1.09 bits per heavy atom. The van der Waals surface area contributed by atoms with E-state index in [0.29, 0.717) is 21.8 Å². The number of amides is 1. The van der Waals surface area contributed by atoms with Crippen LogP contribution in [0, 0.1) is 0 Å². The van der Waals surface area contributed by atoms with E-state index in [-0.39, 0.29) is 12.5 Å². The molecular weight excluding hydrogens is 335 g/mol. The van der Waals surface area contributed by atoms with Gasteiger partial charge >= 0.3 is 0 Å². The molecule has 1 aliphatic rings. The molecule has 4 nitrogen and oxygen atoms in total. The van der Waals surface area contributed by atoms with Crippen molar-refractivity contribution in [2.24, 2.45) is 0 Å². The van der Waals surface area contributed by atoms with E-state index in [4.69, 9.17) is 27.9 Å². The molecule has 0 radical (unpaired) electrons. The lowest BCUT2D eigenvalue weighted by atomic mass is 10.2. The molecule has 1 saturated carbocycles. The zero-order valence-electron chi connectivity index (χ0n) is 12.3. The van der Waals surface area contributed by atoms with Gasteiger partial charge in [0.1, 0.15) is 5.75 Å². The van der Waals surface area contributed by atoms with Crippen LogP contribution in [-0.4, -0.2) is 18.6 Å². The normalized spacial score (nSPS) is 13.5. The SMILES string of the molecule is O=C(COc1ccc(Cl)cc1Cl)Nc1ccc(NC2CC2)cc1. The Morgan fingerprint density at radius 2 is 1.78 bits per heavy atom. The molecule has 23 heavy (non-hydrogen) atoms. The van der Waals surface area contributed by atoms with Crippen LogP contribution in [-0.2, 0) is 4.79 Å². The highest BCUT2D eigenvalue weighted by Crippen LogP contribution is 2.27. The van der Waals surface area contributed by atoms with Gasteiger partial charge in [0.25, 0.3) is 5.91 Å². The lowest BCUT2D eigenvalue weighted by Crippen LogP contribution is -2.20. The van der Waals surface area contributed by atoms with Gasteiger partial charge in [-0.3, -0.25) is 4.79 Å². The Balaban J connectivity index is 1.50. The second-order valence-electron chi connectivity index (χ2n) is 5.41. The van der Waals surface area contributed by atoms with Crippen LogP contribution in [0.3, 0.4) is 0 Å². The first-order valence-electron chi connectivity index (χ1n) is 7.34. The summed E-state index contributed by atoms with van der Waals surface area (Å²) >= 11 is 11.8. The summed E-state index contributed by atoms with van der Waals surface area (Å²) in [4.78, 5) is 11.9. The first-order chi connectivity index (χ1) is 11.1. The number of ether oxygens (including phenoxy) is 1. The summed E-state index contributed by atoms with van der Waals surface area (Å²) in [5.74, 6) is 0.175. The molecule has 0 aliphatic heterocycles. The topological polar surface area (TPSA) is 50.4 Å². The van der Waals surface area contributed by atoms with Gasteiger partial charge in [-0.25, -0.2) is 0 Å². The van der Waals surface area contributed by atoms with Crippen LogP contribution in [0.25, 0.3) is 0 Å². The summed E-state index contributed by atoms with van der Waals surface area (Å²) < 4.78 is 5.40. The van der Waals surface area contributed by atoms with Gasteiger partial charge in [0.15, 0.2) is 6.61 Å². The first-order valence-corrected chi connectivity index (χ1v) is 8.10. The van der Waals surface area contributed by atoms with E-state index in [9.17, 15) is 4.79 Å². The van der Waals surface area contributed by atoms with Crippen molar-refractivity contribution in [2.45, 2.75) is 18.9 Å². The van der Waals surface area contributed by atoms with Gasteiger partial charge in [-0.05, 0) is 55.3 Å². The highest BCUT2D eigenvalue weighted by molar-refractivity contribution is 6.35. The molecule has 1 fully saturated rings. The van der Waals surface area contributed by atoms with Crippen molar-refractivity contribution >= 4 is 40.5 Å². The number of nitrogens with one attached hydrogen (secondary N) is 2. The molecule has 0 aromatic heterocycles. The first kappa shape index (κ1) is 16.0. The minimum Gasteiger partial charge on any atom is -0.482 e. The van der Waals surface area contributed by atoms with Gasteiger partial charge in [0.2, 0.25) is 0 Å². The average molecular weight is 351 g/mol. The summed E-state index contributed by atoms with van der Waals surface area (Å²) in [7, 11) is 0. The molecule has 0 spiro atoms. The molecule has 0 heterocycles. The maximum absolute atomic E-state index is 11.9. The summed E-state index contributed by atoms with van der Waals surface area (Å²) in [6.45, 7) is -0.122. The molecule has 2 aromatic carbocycles. The number of carbonyl (C=O) groups is 1. The molecule has 0 unspecified atom stereocenters. The summed E-state index contributed by atoms with van der Waals surface area (Å²) in [5, 5.41) is 7.07. The second-order valence-corrected chi connectivity index (χ2v) is 6.25. The Morgan fingerprint density at radius 3 is 2.43 bits per heavy atom. The third-order valence-electron chi connectivity index (χ3n) is 3.37. The van der Waals surface area contributed by atoms with Crippen molar-refractivity contribution in [1.29, 1.82) is 0 Å². The predicted molar refractivity (Wildman–Crippen MR) is 93.7 cm³/mol. The van der Waals surface area contributed by atoms with E-state index in [1.54, 1.807) is 18.2 Å². The van der Waals surface area contributed by atoms with Gasteiger partial charge in [0.05, 0.1) is 5.02 Å². The van der Waals surface area contributed by atoms with Crippen molar-refractivity contribution in [3.05, 3.63) is 52.5 Å². The van der Waals surface area contributed by atoms with Crippen LogP contribution in [0.4, 0.5) is 11.4 Å². The predicted octanol–water partition coefficient (Wildman–Crippen LogP) is 4.59. The lowest BCUT2D eigenvalue weighted by Gasteiger charge is -2.10. The van der Waals surface area contributed by atoms with Crippen LogP contribution in [0.2, 0.25) is 10.0 Å². The molecule has 2 aromatic rings. The summed E-state index contributed by atoms with van der Waals surface area (Å²) in [6, 6.07) is 13.1. The fourth-order valence-corrected chi connectivity index (χ4v) is 2.51. The number of halogens is 2. The maximum atomic E-state index is 11.9. The van der Waals surface area contributed by atoms with E-state index < -0.39 is 0 Å². The zero-order chi connectivity index (χ0) is 16.2. The lowest BCUT2D eigenvalue weighted by molar-refractivity contribution is -0.118. The Kier molecular flexibility index (Phi) is 4.94. The Bertz CT molecular complexity index is 700. The number of hydrogen-bond donors (Lipinski definition) is 2. The molecule has 120 valence electrons. The van der Waals surface area contributed by atoms with Crippen LogP contribution in [0.1, 0.15) is 12.8 Å². The van der Waals surface area contributed by atoms with Crippen molar-refractivity contribution in [3.63, 3.8) is 0 Å². The molecule has 0 saturated heterocycles. The fraction of sp³-hybridized carbons (Fsp3) is 0.235. The van der Waals surface area contributed by atoms with E-state index in [2.05, 4.69) is 10.6 Å². The van der Waals surface area contributed by atoms with Crippen molar-refractivity contribution < 1.29 is 9.53 Å². The van der Waals surface area contributed by atoms with Gasteiger partial charge in [-0.1, -0.05) is 23.2 Å². The summed E-state index contributed by atoms with van der Waals surface area (Å²) in [5.41, 5.74) is 1.79. The number of benzene rings is 2. The third kappa shape index (κ3) is 4.78. The van der Waals surface area contributed by atoms with Gasteiger partial charge < -0.3 is 15.4 Å². The minimum atomic E-state index is -0.251. The molecule has 1 aliphatic carbocycles. The van der Waals surface area contributed by atoms with Gasteiger partial charge in [-0.2, -0.15) is 0 Å². The second kappa shape index (κ2) is 7.11. The van der Waals surface area contributed by atoms with E-state index in [1.807, 2.05) is 24.3 Å². The van der Waals surface area contributed by atoms with Crippen LogP contribution < -0.4 is 15.4 Å². The standard InChI is InChI=1S/C17H16Cl2N2O2/c18-11-1-8-16(15(19)9-11)23-10-17(22)21-14-6-4-13(5-7-14)20-12-2-3-12/h1,4-9,12,20H,2-3,10H2,(H,21,22). The third-order valence-corrected chi connectivity index (χ3v) is 3.90. The number of rotatable bonds is 6. The molecule has 0 bridgehead atoms. The molecule has 0 atom stereocenters. The molecule has 2 N–H and O–H groups in total. The minimum absolute atomic E-state index is 0.122. The smallest absolute Gasteiger partial charge is 0.262 e. The summed E-state index contributed by atoms with van der Waals surface area (Å²) in [6.07, 6.45) is 2.45. The van der Waals surface area contributed by atoms with Gasteiger partial charge in [0, 0.05) is 22.4 Å². The zero-order valence-corrected chi connectivity index (χ0v) is 13.8. The highest BCUT2D eigenvalue weighted by Gasteiger charge is 2.20. The Hall–Kier alpha value is -1.91. The van der Waals surface area contributed by atoms with Crippen LogP contribution >= 0.6 is 23.2 Å². The van der Waals surface area contributed by atoms with Crippen molar-refractivity contribution in [1.82, 2.24) is 0 Å². The van der Waals surface area contributed by atoms with Crippen molar-refractivity contribution in [2.75, 3.05) is 17.2 Å². The average Bonchev–Trinajstić information content (AvgIpc) is 3.32. The quantitative estimate of drug-likeness (QED) is 0.801.